The molecule has 4 aromatic carbocycles. The summed E-state index contributed by atoms with van der Waals surface area (Å²) in [4.78, 5) is 63.0. The Morgan fingerprint density at radius 3 is 1.79 bits per heavy atom. The van der Waals surface area contributed by atoms with Gasteiger partial charge in [-0.05, 0) is 55.2 Å². The smallest absolute Gasteiger partial charge is 0.453 e. The first-order valence-corrected chi connectivity index (χ1v) is 28.5. The summed E-state index contributed by atoms with van der Waals surface area (Å²) in [6.45, 7) is 12.0. The van der Waals surface area contributed by atoms with Crippen LogP contribution in [0.4, 0.5) is 18.0 Å². The molecule has 0 N–H and O–H groups in total. The lowest BCUT2D eigenvalue weighted by Crippen LogP contribution is -2.70. The van der Waals surface area contributed by atoms with Crippen LogP contribution in [0.5, 0.6) is 0 Å². The second-order valence-electron chi connectivity index (χ2n) is 19.9. The highest BCUT2D eigenvalue weighted by molar-refractivity contribution is 8.14. The maximum absolute atomic E-state index is 14.6. The Labute approximate surface area is 453 Å². The van der Waals surface area contributed by atoms with Crippen LogP contribution in [-0.4, -0.2) is 154 Å². The molecule has 0 aliphatic carbocycles. The van der Waals surface area contributed by atoms with Gasteiger partial charge in [-0.2, -0.15) is 18.2 Å². The number of rotatable bonds is 18. The van der Waals surface area contributed by atoms with Gasteiger partial charge in [0, 0.05) is 39.2 Å². The molecule has 0 saturated carbocycles. The molecule has 2 amide bonds. The average molecular weight is 1110 g/mol. The molecule has 3 aliphatic heterocycles. The number of ether oxygens (including phenoxy) is 8. The standard InChI is InChI=1S/C56H69F3N2O14SSi/c1-10-60(53(64)56(57,58)59)41-34-69-44(32-42(41)66-8)72-48-47(73-50(62)37-24-16-12-17-25-37)46(35(3)71-52(48)67-9)61(54(65)68-11-2)74-45-33-43(49(36(4)70-45)76-51(63)38-26-18-13-19-27-38)75-77(55(5,6)7,39-28-20-14-21-29-39)40-30-22-15-23-31-40/h12-31,35-36,41-49,52H,10-11,32-34H2,1-9H3/t35-,36-,41+,42+,43+,44+,45+,46-,47+,48-,49-,52-/m1/s1. The molecule has 7 rings (SSSR count). The summed E-state index contributed by atoms with van der Waals surface area (Å²) in [5.41, 5.74) is 0.637. The summed E-state index contributed by atoms with van der Waals surface area (Å²) in [7, 11) is -0.733. The number of carbonyl (C=O) groups is 4. The molecule has 0 spiro atoms. The SMILES string of the molecule is CCOC(=O)N(O[C@H]1C[C@H](O[Si](c2ccccc2)(c2ccccc2)C(C)(C)C)[C@H](SC(=O)c2ccccc2)[C@@H](C)O1)[C@H]1[C@H](OC(=O)c2ccccc2)[C@@H](O[C@H]2C[C@H](OC)[C@@H](N(CC)C(=O)C(F)(F)F)CO2)[C@H](OC)O[C@@H]1C. The maximum Gasteiger partial charge on any atom is 0.471 e. The molecule has 21 heteroatoms. The molecular weight excluding hydrogens is 1040 g/mol. The van der Waals surface area contributed by atoms with E-state index in [1.165, 1.54) is 21.1 Å². The molecule has 3 saturated heterocycles. The fraction of sp³-hybridized carbons (Fsp3) is 0.500. The molecule has 418 valence electrons. The monoisotopic (exact) mass is 1110 g/mol. The molecule has 0 unspecified atom stereocenters. The van der Waals surface area contributed by atoms with Gasteiger partial charge in [0.1, 0.15) is 6.04 Å². The molecule has 3 fully saturated rings. The molecule has 16 nitrogen and oxygen atoms in total. The Morgan fingerprint density at radius 1 is 0.714 bits per heavy atom. The first-order chi connectivity index (χ1) is 36.8. The highest BCUT2D eigenvalue weighted by atomic mass is 32.2. The Bertz CT molecular complexity index is 2510. The molecule has 0 aromatic heterocycles. The first-order valence-electron chi connectivity index (χ1n) is 25.7. The Hall–Kier alpha value is -5.20. The van der Waals surface area contributed by atoms with Crippen LogP contribution in [0.1, 0.15) is 82.0 Å². The summed E-state index contributed by atoms with van der Waals surface area (Å²) in [6, 6.07) is 34.5. The van der Waals surface area contributed by atoms with Crippen molar-refractivity contribution in [3.63, 3.8) is 0 Å². The summed E-state index contributed by atoms with van der Waals surface area (Å²) in [6.07, 6.45) is -16.8. The van der Waals surface area contributed by atoms with Crippen LogP contribution >= 0.6 is 11.8 Å². The molecule has 12 atom stereocenters. The molecule has 3 heterocycles. The zero-order valence-electron chi connectivity index (χ0n) is 44.7. The molecule has 77 heavy (non-hydrogen) atoms. The van der Waals surface area contributed by atoms with E-state index in [-0.39, 0.29) is 36.7 Å². The molecule has 4 aromatic rings. The number of amides is 2. The van der Waals surface area contributed by atoms with Gasteiger partial charge in [0.05, 0.1) is 54.5 Å². The van der Waals surface area contributed by atoms with Crippen molar-refractivity contribution in [2.45, 2.75) is 145 Å². The lowest BCUT2D eigenvalue weighted by atomic mass is 9.95. The van der Waals surface area contributed by atoms with Crippen LogP contribution < -0.4 is 10.4 Å². The third kappa shape index (κ3) is 13.6. The highest BCUT2D eigenvalue weighted by Gasteiger charge is 2.57. The fourth-order valence-electron chi connectivity index (χ4n) is 10.4. The molecular formula is C56H69F3N2O14SSi. The van der Waals surface area contributed by atoms with Gasteiger partial charge in [0.25, 0.3) is 8.32 Å². The summed E-state index contributed by atoms with van der Waals surface area (Å²) < 4.78 is 98.3. The van der Waals surface area contributed by atoms with Gasteiger partial charge in [-0.1, -0.05) is 142 Å². The number of benzene rings is 4. The predicted molar refractivity (Wildman–Crippen MR) is 282 cm³/mol. The Morgan fingerprint density at radius 2 is 1.27 bits per heavy atom. The second-order valence-corrected chi connectivity index (χ2v) is 25.3. The third-order valence-corrected chi connectivity index (χ3v) is 20.4. The highest BCUT2D eigenvalue weighted by Crippen LogP contribution is 2.43. The van der Waals surface area contributed by atoms with E-state index in [9.17, 15) is 32.3 Å². The van der Waals surface area contributed by atoms with Crippen molar-refractivity contribution in [3.05, 3.63) is 132 Å². The number of hydrogen-bond acceptors (Lipinski definition) is 15. The van der Waals surface area contributed by atoms with Gasteiger partial charge < -0.3 is 47.2 Å². The summed E-state index contributed by atoms with van der Waals surface area (Å²) >= 11 is 1.10. The van der Waals surface area contributed by atoms with Crippen LogP contribution in [0, 0.1) is 0 Å². The summed E-state index contributed by atoms with van der Waals surface area (Å²) in [5.74, 6) is -2.87. The minimum Gasteiger partial charge on any atom is -0.453 e. The number of carbonyl (C=O) groups excluding carboxylic acids is 4. The minimum atomic E-state index is -5.15. The van der Waals surface area contributed by atoms with E-state index in [0.29, 0.717) is 10.5 Å². The van der Waals surface area contributed by atoms with E-state index < -0.39 is 117 Å². The quantitative estimate of drug-likeness (QED) is 0.0530. The number of hydroxylamine groups is 2. The predicted octanol–water partition coefficient (Wildman–Crippen LogP) is 8.31. The van der Waals surface area contributed by atoms with E-state index in [1.54, 1.807) is 68.4 Å². The van der Waals surface area contributed by atoms with Crippen LogP contribution in [0.25, 0.3) is 0 Å². The van der Waals surface area contributed by atoms with Crippen LogP contribution in [0.3, 0.4) is 0 Å². The maximum atomic E-state index is 14.6. The number of likely N-dealkylation sites (N-methyl/N-ethyl adjacent to an activating group) is 1. The average Bonchev–Trinajstić information content (AvgIpc) is 3.42. The van der Waals surface area contributed by atoms with Crippen molar-refractivity contribution >= 4 is 53.5 Å². The number of esters is 1. The van der Waals surface area contributed by atoms with Gasteiger partial charge in [0.2, 0.25) is 5.12 Å². The van der Waals surface area contributed by atoms with E-state index in [0.717, 1.165) is 27.2 Å². The lowest BCUT2D eigenvalue weighted by molar-refractivity contribution is -0.362. The van der Waals surface area contributed by atoms with Crippen molar-refractivity contribution in [2.24, 2.45) is 0 Å². The Kier molecular flexibility index (Phi) is 20.2. The van der Waals surface area contributed by atoms with Gasteiger partial charge in [-0.3, -0.25) is 9.59 Å². The molecule has 0 radical (unpaired) electrons. The van der Waals surface area contributed by atoms with Crippen molar-refractivity contribution in [1.82, 2.24) is 9.96 Å². The van der Waals surface area contributed by atoms with Crippen LogP contribution in [0.15, 0.2) is 121 Å². The van der Waals surface area contributed by atoms with Crippen molar-refractivity contribution < 1.29 is 79.5 Å². The number of methoxy groups -OCH3 is 2. The normalized spacial score (nSPS) is 27.0. The van der Waals surface area contributed by atoms with Gasteiger partial charge in [-0.15, -0.1) is 0 Å². The van der Waals surface area contributed by atoms with Gasteiger partial charge >= 0.3 is 24.1 Å². The minimum absolute atomic E-state index is 0.0252. The topological polar surface area (TPSA) is 167 Å². The lowest BCUT2D eigenvalue weighted by Gasteiger charge is -2.50. The van der Waals surface area contributed by atoms with E-state index in [1.807, 2.05) is 49.4 Å². The fourth-order valence-corrected chi connectivity index (χ4v) is 16.3. The van der Waals surface area contributed by atoms with E-state index in [4.69, 9.17) is 47.2 Å². The largest absolute Gasteiger partial charge is 0.471 e. The molecule has 0 bridgehead atoms. The zero-order valence-corrected chi connectivity index (χ0v) is 46.5. The summed E-state index contributed by atoms with van der Waals surface area (Å²) in [5, 5.41) is 1.59. The Balaban J connectivity index is 1.28. The zero-order chi connectivity index (χ0) is 55.7. The second kappa shape index (κ2) is 26.2. The number of halogens is 3. The number of alkyl halides is 3. The molecule has 3 aliphatic rings. The van der Waals surface area contributed by atoms with Crippen molar-refractivity contribution in [3.8, 4) is 0 Å². The number of nitrogens with zero attached hydrogens (tertiary/aromatic N) is 2. The number of hydrogen-bond donors (Lipinski definition) is 0. The van der Waals surface area contributed by atoms with Crippen molar-refractivity contribution in [1.29, 1.82) is 0 Å². The van der Waals surface area contributed by atoms with Crippen LogP contribution in [0.2, 0.25) is 5.04 Å². The van der Waals surface area contributed by atoms with Gasteiger partial charge in [0.15, 0.2) is 31.1 Å². The third-order valence-electron chi connectivity index (χ3n) is 14.0. The first kappa shape index (κ1) is 59.5. The van der Waals surface area contributed by atoms with Crippen LogP contribution in [-0.2, 0) is 52.0 Å². The van der Waals surface area contributed by atoms with Crippen molar-refractivity contribution in [2.75, 3.05) is 34.0 Å². The van der Waals surface area contributed by atoms with E-state index >= 15 is 0 Å². The van der Waals surface area contributed by atoms with Gasteiger partial charge in [-0.25, -0.2) is 14.4 Å². The van der Waals surface area contributed by atoms with E-state index in [2.05, 4.69) is 45.0 Å². The number of thioether (sulfide) groups is 1.